The van der Waals surface area contributed by atoms with Crippen LogP contribution < -0.4 is 0 Å². The van der Waals surface area contributed by atoms with Crippen LogP contribution in [0.5, 0.6) is 0 Å². The Balaban J connectivity index is 4.03. The fraction of sp³-hybridized carbons (Fsp3) is 0.875. The number of esters is 1. The number of alkyl halides is 1. The first-order valence-corrected chi connectivity index (χ1v) is 4.14. The molecule has 0 unspecified atom stereocenters. The molecule has 0 aromatic rings. The van der Waals surface area contributed by atoms with Crippen molar-refractivity contribution in [2.24, 2.45) is 5.41 Å². The fourth-order valence-electron chi connectivity index (χ4n) is 0.569. The van der Waals surface area contributed by atoms with E-state index in [0.717, 1.165) is 0 Å². The highest BCUT2D eigenvalue weighted by Gasteiger charge is 2.30. The molecule has 0 aromatic carbocycles. The van der Waals surface area contributed by atoms with Gasteiger partial charge in [0, 0.05) is 0 Å². The Morgan fingerprint density at radius 2 is 2.00 bits per heavy atom. The molecule has 11 heavy (non-hydrogen) atoms. The van der Waals surface area contributed by atoms with Crippen LogP contribution in [0.3, 0.4) is 0 Å². The van der Waals surface area contributed by atoms with Crippen molar-refractivity contribution in [3.05, 3.63) is 0 Å². The number of carbonyl (C=O) groups excluding carboxylic acids is 1. The molecule has 0 saturated carbocycles. The van der Waals surface area contributed by atoms with Crippen molar-refractivity contribution in [1.82, 2.24) is 0 Å². The van der Waals surface area contributed by atoms with E-state index in [1.54, 1.807) is 6.92 Å². The summed E-state index contributed by atoms with van der Waals surface area (Å²) < 4.78 is 4.76. The van der Waals surface area contributed by atoms with Crippen LogP contribution >= 0.6 is 11.6 Å². The Kier molecular flexibility index (Phi) is 3.87. The highest BCUT2D eigenvalue weighted by Crippen LogP contribution is 2.25. The molecular weight excluding hydrogens is 164 g/mol. The second kappa shape index (κ2) is 3.96. The molecule has 66 valence electrons. The Labute approximate surface area is 72.9 Å². The molecular formula is C8H15ClO2. The van der Waals surface area contributed by atoms with E-state index in [-0.39, 0.29) is 11.4 Å². The smallest absolute Gasteiger partial charge is 0.324 e. The zero-order chi connectivity index (χ0) is 9.07. The average Bonchev–Trinajstić information content (AvgIpc) is 1.85. The summed E-state index contributed by atoms with van der Waals surface area (Å²) in [5.74, 6) is -0.332. The third-order valence-electron chi connectivity index (χ3n) is 1.25. The van der Waals surface area contributed by atoms with Gasteiger partial charge in [-0.15, -0.1) is 11.6 Å². The van der Waals surface area contributed by atoms with Gasteiger partial charge in [-0.1, -0.05) is 20.8 Å². The number of halogens is 1. The molecule has 0 rings (SSSR count). The summed E-state index contributed by atoms with van der Waals surface area (Å²) in [4.78, 5) is 11.0. The number of hydrogen-bond donors (Lipinski definition) is 0. The summed E-state index contributed by atoms with van der Waals surface area (Å²) in [5, 5.41) is -0.553. The molecule has 0 spiro atoms. The van der Waals surface area contributed by atoms with Gasteiger partial charge in [0.25, 0.3) is 0 Å². The molecule has 0 saturated heterocycles. The number of hydrogen-bond acceptors (Lipinski definition) is 2. The number of carbonyl (C=O) groups is 1. The highest BCUT2D eigenvalue weighted by molar-refractivity contribution is 6.30. The normalized spacial score (nSPS) is 14.3. The predicted molar refractivity (Wildman–Crippen MR) is 45.7 cm³/mol. The predicted octanol–water partition coefficient (Wildman–Crippen LogP) is 2.20. The van der Waals surface area contributed by atoms with Crippen molar-refractivity contribution < 1.29 is 9.53 Å². The number of ether oxygens (including phenoxy) is 1. The fourth-order valence-corrected chi connectivity index (χ4v) is 0.632. The van der Waals surface area contributed by atoms with Gasteiger partial charge in [0.2, 0.25) is 0 Å². The van der Waals surface area contributed by atoms with Gasteiger partial charge in [0.15, 0.2) is 0 Å². The van der Waals surface area contributed by atoms with E-state index in [0.29, 0.717) is 6.61 Å². The molecule has 0 aliphatic rings. The van der Waals surface area contributed by atoms with E-state index in [9.17, 15) is 4.79 Å². The van der Waals surface area contributed by atoms with Crippen molar-refractivity contribution in [2.45, 2.75) is 33.1 Å². The molecule has 0 aliphatic carbocycles. The molecule has 0 bridgehead atoms. The van der Waals surface area contributed by atoms with Gasteiger partial charge in [-0.05, 0) is 12.3 Å². The van der Waals surface area contributed by atoms with Gasteiger partial charge in [0.05, 0.1) is 6.61 Å². The molecule has 1 atom stereocenters. The Morgan fingerprint density at radius 3 is 2.27 bits per heavy atom. The van der Waals surface area contributed by atoms with Gasteiger partial charge in [-0.3, -0.25) is 4.79 Å². The van der Waals surface area contributed by atoms with E-state index in [4.69, 9.17) is 16.3 Å². The maximum Gasteiger partial charge on any atom is 0.324 e. The van der Waals surface area contributed by atoms with Gasteiger partial charge in [-0.25, -0.2) is 0 Å². The molecule has 0 amide bonds. The van der Waals surface area contributed by atoms with Gasteiger partial charge in [-0.2, -0.15) is 0 Å². The van der Waals surface area contributed by atoms with E-state index in [2.05, 4.69) is 0 Å². The Hall–Kier alpha value is -0.240. The first-order valence-electron chi connectivity index (χ1n) is 3.70. The summed E-state index contributed by atoms with van der Waals surface area (Å²) in [6.45, 7) is 7.87. The standard InChI is InChI=1S/C8H15ClO2/c1-5-11-7(10)6(9)8(2,3)4/h6H,5H2,1-4H3/t6-/m0/s1. The van der Waals surface area contributed by atoms with Crippen LogP contribution in [0.4, 0.5) is 0 Å². The number of rotatable bonds is 2. The average molecular weight is 179 g/mol. The minimum atomic E-state index is -0.553. The largest absolute Gasteiger partial charge is 0.465 e. The molecule has 2 nitrogen and oxygen atoms in total. The van der Waals surface area contributed by atoms with Crippen LogP contribution in [0.15, 0.2) is 0 Å². The second-order valence-corrected chi connectivity index (χ2v) is 3.92. The first-order chi connectivity index (χ1) is 4.89. The third kappa shape index (κ3) is 3.61. The Morgan fingerprint density at radius 1 is 1.55 bits per heavy atom. The van der Waals surface area contributed by atoms with E-state index in [1.165, 1.54) is 0 Å². The summed E-state index contributed by atoms with van der Waals surface area (Å²) in [6, 6.07) is 0. The molecule has 0 aliphatic heterocycles. The van der Waals surface area contributed by atoms with Crippen molar-refractivity contribution in [1.29, 1.82) is 0 Å². The maximum absolute atomic E-state index is 11.0. The lowest BCUT2D eigenvalue weighted by Gasteiger charge is -2.22. The van der Waals surface area contributed by atoms with Gasteiger partial charge in [0.1, 0.15) is 5.38 Å². The monoisotopic (exact) mass is 178 g/mol. The topological polar surface area (TPSA) is 26.3 Å². The lowest BCUT2D eigenvalue weighted by molar-refractivity contribution is -0.144. The van der Waals surface area contributed by atoms with Crippen LogP contribution in [-0.2, 0) is 9.53 Å². The van der Waals surface area contributed by atoms with Crippen molar-refractivity contribution in [3.63, 3.8) is 0 Å². The summed E-state index contributed by atoms with van der Waals surface area (Å²) in [6.07, 6.45) is 0. The van der Waals surface area contributed by atoms with Crippen molar-refractivity contribution in [3.8, 4) is 0 Å². The van der Waals surface area contributed by atoms with Crippen LogP contribution in [0.1, 0.15) is 27.7 Å². The minimum absolute atomic E-state index is 0.228. The van der Waals surface area contributed by atoms with E-state index in [1.807, 2.05) is 20.8 Å². The van der Waals surface area contributed by atoms with Crippen LogP contribution in [0.2, 0.25) is 0 Å². The SMILES string of the molecule is CCOC(=O)[C@H](Cl)C(C)(C)C. The maximum atomic E-state index is 11.0. The quantitative estimate of drug-likeness (QED) is 0.479. The van der Waals surface area contributed by atoms with Gasteiger partial charge >= 0.3 is 5.97 Å². The molecule has 0 aromatic heterocycles. The minimum Gasteiger partial charge on any atom is -0.465 e. The lowest BCUT2D eigenvalue weighted by atomic mass is 9.92. The van der Waals surface area contributed by atoms with Crippen LogP contribution in [0.25, 0.3) is 0 Å². The highest BCUT2D eigenvalue weighted by atomic mass is 35.5. The van der Waals surface area contributed by atoms with Crippen LogP contribution in [-0.4, -0.2) is 18.0 Å². The third-order valence-corrected chi connectivity index (χ3v) is 2.09. The molecule has 3 heteroatoms. The van der Waals surface area contributed by atoms with E-state index < -0.39 is 5.38 Å². The molecule has 0 radical (unpaired) electrons. The summed E-state index contributed by atoms with van der Waals surface area (Å²) in [5.41, 5.74) is -0.228. The summed E-state index contributed by atoms with van der Waals surface area (Å²) in [7, 11) is 0. The second-order valence-electron chi connectivity index (χ2n) is 3.48. The molecule has 0 N–H and O–H groups in total. The molecule has 0 fully saturated rings. The van der Waals surface area contributed by atoms with Crippen molar-refractivity contribution >= 4 is 17.6 Å². The van der Waals surface area contributed by atoms with Gasteiger partial charge < -0.3 is 4.74 Å². The molecule has 0 heterocycles. The van der Waals surface area contributed by atoms with Crippen LogP contribution in [0, 0.1) is 5.41 Å². The van der Waals surface area contributed by atoms with Crippen molar-refractivity contribution in [2.75, 3.05) is 6.61 Å². The lowest BCUT2D eigenvalue weighted by Crippen LogP contribution is -2.30. The first kappa shape index (κ1) is 10.8. The summed E-state index contributed by atoms with van der Waals surface area (Å²) >= 11 is 5.81. The Bertz CT molecular complexity index is 138. The van der Waals surface area contributed by atoms with E-state index >= 15 is 0 Å². The zero-order valence-electron chi connectivity index (χ0n) is 7.48. The zero-order valence-corrected chi connectivity index (χ0v) is 8.23.